The Hall–Kier alpha value is -1.04. The molecule has 0 aromatic heterocycles. The van der Waals surface area contributed by atoms with Gasteiger partial charge in [0, 0.05) is 15.7 Å². The number of rotatable bonds is 1. The van der Waals surface area contributed by atoms with E-state index in [1.807, 2.05) is 0 Å². The van der Waals surface area contributed by atoms with Gasteiger partial charge >= 0.3 is 6.18 Å². The normalized spacial score (nSPS) is 11.5. The van der Waals surface area contributed by atoms with Crippen LogP contribution >= 0.6 is 15.9 Å². The predicted molar refractivity (Wildman–Crippen MR) is 53.6 cm³/mol. The minimum absolute atomic E-state index is 0.0488. The Morgan fingerprint density at radius 2 is 1.93 bits per heavy atom. The van der Waals surface area contributed by atoms with Gasteiger partial charge in [-0.15, -0.1) is 0 Å². The minimum Gasteiger partial charge on any atom is -0.398 e. The molecule has 0 saturated heterocycles. The van der Waals surface area contributed by atoms with Gasteiger partial charge < -0.3 is 5.73 Å². The van der Waals surface area contributed by atoms with Gasteiger partial charge in [-0.3, -0.25) is 4.79 Å². The second-order valence-corrected chi connectivity index (χ2v) is 3.83. The van der Waals surface area contributed by atoms with E-state index in [9.17, 15) is 18.0 Å². The van der Waals surface area contributed by atoms with Crippen LogP contribution in [-0.2, 0) is 6.18 Å². The average Bonchev–Trinajstić information content (AvgIpc) is 2.06. The maximum Gasteiger partial charge on any atom is 0.417 e. The third kappa shape index (κ3) is 2.50. The molecule has 82 valence electrons. The second-order valence-electron chi connectivity index (χ2n) is 2.97. The maximum absolute atomic E-state index is 12.5. The molecule has 0 spiro atoms. The van der Waals surface area contributed by atoms with Crippen LogP contribution < -0.4 is 5.73 Å². The summed E-state index contributed by atoms with van der Waals surface area (Å²) in [6.07, 6.45) is -4.57. The van der Waals surface area contributed by atoms with Gasteiger partial charge in [-0.2, -0.15) is 13.2 Å². The zero-order valence-corrected chi connectivity index (χ0v) is 9.24. The number of halogens is 4. The van der Waals surface area contributed by atoms with E-state index in [1.54, 1.807) is 0 Å². The van der Waals surface area contributed by atoms with Crippen molar-refractivity contribution in [3.8, 4) is 0 Å². The topological polar surface area (TPSA) is 43.1 Å². The lowest BCUT2D eigenvalue weighted by Crippen LogP contribution is -2.12. The molecule has 1 rings (SSSR count). The molecule has 0 aliphatic heterocycles. The summed E-state index contributed by atoms with van der Waals surface area (Å²) < 4.78 is 37.8. The predicted octanol–water partition coefficient (Wildman–Crippen LogP) is 3.25. The van der Waals surface area contributed by atoms with Gasteiger partial charge in [0.1, 0.15) is 0 Å². The molecule has 0 amide bonds. The van der Waals surface area contributed by atoms with Crippen LogP contribution in [0.3, 0.4) is 0 Å². The molecule has 0 saturated carbocycles. The highest BCUT2D eigenvalue weighted by Gasteiger charge is 2.35. The van der Waals surface area contributed by atoms with Crippen LogP contribution in [0.5, 0.6) is 0 Å². The molecule has 2 N–H and O–H groups in total. The molecule has 2 nitrogen and oxygen atoms in total. The lowest BCUT2D eigenvalue weighted by molar-refractivity contribution is -0.137. The van der Waals surface area contributed by atoms with Crippen molar-refractivity contribution in [3.05, 3.63) is 27.7 Å². The van der Waals surface area contributed by atoms with E-state index in [4.69, 9.17) is 5.73 Å². The smallest absolute Gasteiger partial charge is 0.398 e. The first kappa shape index (κ1) is 12.0. The summed E-state index contributed by atoms with van der Waals surface area (Å²) in [6.45, 7) is 1.08. The number of hydrogen-bond donors (Lipinski definition) is 1. The summed E-state index contributed by atoms with van der Waals surface area (Å²) in [5.74, 6) is -0.650. The van der Waals surface area contributed by atoms with E-state index in [0.717, 1.165) is 19.1 Å². The van der Waals surface area contributed by atoms with Crippen molar-refractivity contribution in [2.24, 2.45) is 0 Å². The molecule has 1 aromatic carbocycles. The number of carbonyl (C=O) groups excluding carboxylic acids is 1. The van der Waals surface area contributed by atoms with Crippen LogP contribution in [-0.4, -0.2) is 5.78 Å². The summed E-state index contributed by atoms with van der Waals surface area (Å²) in [5, 5.41) is 0. The molecular weight excluding hydrogens is 275 g/mol. The summed E-state index contributed by atoms with van der Waals surface area (Å²) in [4.78, 5) is 11.0. The van der Waals surface area contributed by atoms with Crippen molar-refractivity contribution >= 4 is 27.4 Å². The zero-order chi connectivity index (χ0) is 11.8. The standard InChI is InChI=1S/C9H7BrF3NO/c1-4(15)5-2-7(10)8(14)3-6(5)9(11,12)13/h2-3H,14H2,1H3. The molecule has 0 aliphatic carbocycles. The van der Waals surface area contributed by atoms with E-state index in [-0.39, 0.29) is 15.7 Å². The van der Waals surface area contributed by atoms with Crippen LogP contribution in [0.4, 0.5) is 18.9 Å². The third-order valence-corrected chi connectivity index (χ3v) is 2.51. The van der Waals surface area contributed by atoms with Crippen molar-refractivity contribution in [2.75, 3.05) is 5.73 Å². The number of anilines is 1. The van der Waals surface area contributed by atoms with Crippen LogP contribution in [0.25, 0.3) is 0 Å². The molecule has 0 bridgehead atoms. The fourth-order valence-corrected chi connectivity index (χ4v) is 1.46. The summed E-state index contributed by atoms with van der Waals surface area (Å²) in [5.41, 5.74) is 3.89. The fraction of sp³-hybridized carbons (Fsp3) is 0.222. The monoisotopic (exact) mass is 281 g/mol. The number of nitrogen functional groups attached to an aromatic ring is 1. The molecule has 0 atom stereocenters. The second kappa shape index (κ2) is 3.84. The van der Waals surface area contributed by atoms with E-state index in [0.29, 0.717) is 0 Å². The van der Waals surface area contributed by atoms with Gasteiger partial charge in [0.25, 0.3) is 0 Å². The highest BCUT2D eigenvalue weighted by molar-refractivity contribution is 9.10. The Labute approximate surface area is 92.4 Å². The van der Waals surface area contributed by atoms with Crippen molar-refractivity contribution in [2.45, 2.75) is 13.1 Å². The quantitative estimate of drug-likeness (QED) is 0.634. The Morgan fingerprint density at radius 3 is 2.33 bits per heavy atom. The summed E-state index contributed by atoms with van der Waals surface area (Å²) in [7, 11) is 0. The Balaban J connectivity index is 3.49. The molecule has 0 radical (unpaired) electrons. The van der Waals surface area contributed by atoms with Gasteiger partial charge in [-0.25, -0.2) is 0 Å². The molecule has 0 aliphatic rings. The molecule has 6 heteroatoms. The number of Topliss-reactive ketones (excluding diaryl/α,β-unsaturated/α-hetero) is 1. The van der Waals surface area contributed by atoms with Crippen LogP contribution in [0.2, 0.25) is 0 Å². The molecule has 0 fully saturated rings. The highest BCUT2D eigenvalue weighted by atomic mass is 79.9. The first-order valence-electron chi connectivity index (χ1n) is 3.90. The van der Waals surface area contributed by atoms with Crippen LogP contribution in [0.1, 0.15) is 22.8 Å². The number of benzene rings is 1. The average molecular weight is 282 g/mol. The number of nitrogens with two attached hydrogens (primary N) is 1. The SMILES string of the molecule is CC(=O)c1cc(Br)c(N)cc1C(F)(F)F. The number of ketones is 1. The van der Waals surface area contributed by atoms with Gasteiger partial charge in [0.05, 0.1) is 5.56 Å². The number of hydrogen-bond acceptors (Lipinski definition) is 2. The van der Waals surface area contributed by atoms with Crippen molar-refractivity contribution in [3.63, 3.8) is 0 Å². The first-order chi connectivity index (χ1) is 6.73. The first-order valence-corrected chi connectivity index (χ1v) is 4.70. The molecule has 0 unspecified atom stereocenters. The van der Waals surface area contributed by atoms with Crippen molar-refractivity contribution < 1.29 is 18.0 Å². The van der Waals surface area contributed by atoms with E-state index < -0.39 is 17.5 Å². The summed E-state index contributed by atoms with van der Waals surface area (Å²) in [6, 6.07) is 1.83. The maximum atomic E-state index is 12.5. The van der Waals surface area contributed by atoms with Gasteiger partial charge in [0.2, 0.25) is 0 Å². The largest absolute Gasteiger partial charge is 0.417 e. The van der Waals surface area contributed by atoms with Gasteiger partial charge in [-0.1, -0.05) is 0 Å². The fourth-order valence-electron chi connectivity index (χ4n) is 1.12. The Morgan fingerprint density at radius 1 is 1.40 bits per heavy atom. The van der Waals surface area contributed by atoms with E-state index >= 15 is 0 Å². The number of alkyl halides is 3. The zero-order valence-electron chi connectivity index (χ0n) is 7.65. The molecule has 1 aromatic rings. The van der Waals surface area contributed by atoms with Gasteiger partial charge in [-0.05, 0) is 35.0 Å². The summed E-state index contributed by atoms with van der Waals surface area (Å²) >= 11 is 2.97. The third-order valence-electron chi connectivity index (χ3n) is 1.82. The van der Waals surface area contributed by atoms with Crippen molar-refractivity contribution in [1.29, 1.82) is 0 Å². The van der Waals surface area contributed by atoms with Crippen LogP contribution in [0, 0.1) is 0 Å². The van der Waals surface area contributed by atoms with Crippen molar-refractivity contribution in [1.82, 2.24) is 0 Å². The molecule has 15 heavy (non-hydrogen) atoms. The lowest BCUT2D eigenvalue weighted by Gasteiger charge is -2.12. The Bertz CT molecular complexity index is 415. The van der Waals surface area contributed by atoms with E-state index in [2.05, 4.69) is 15.9 Å². The highest BCUT2D eigenvalue weighted by Crippen LogP contribution is 2.36. The minimum atomic E-state index is -4.57. The Kier molecular flexibility index (Phi) is 3.08. The lowest BCUT2D eigenvalue weighted by atomic mass is 10.0. The molecule has 0 heterocycles. The number of carbonyl (C=O) groups is 1. The molecular formula is C9H7BrF3NO. The van der Waals surface area contributed by atoms with E-state index in [1.165, 1.54) is 0 Å². The van der Waals surface area contributed by atoms with Crippen LogP contribution in [0.15, 0.2) is 16.6 Å². The van der Waals surface area contributed by atoms with Gasteiger partial charge in [0.15, 0.2) is 5.78 Å².